The van der Waals surface area contributed by atoms with E-state index in [1.54, 1.807) is 24.3 Å². The van der Waals surface area contributed by atoms with Crippen LogP contribution in [0.2, 0.25) is 0 Å². The van der Waals surface area contributed by atoms with Crippen molar-refractivity contribution in [3.63, 3.8) is 0 Å². The highest BCUT2D eigenvalue weighted by atomic mass is 127. The first-order valence-corrected chi connectivity index (χ1v) is 10.7. The van der Waals surface area contributed by atoms with Crippen molar-refractivity contribution in [2.45, 2.75) is 50.3 Å². The normalized spacial score (nSPS) is 14.4. The highest BCUT2D eigenvalue weighted by molar-refractivity contribution is 14.0. The fraction of sp³-hybridized carbons (Fsp3) is 0.350. The van der Waals surface area contributed by atoms with Gasteiger partial charge in [0.15, 0.2) is 5.96 Å². The molecule has 7 nitrogen and oxygen atoms in total. The molecule has 158 valence electrons. The molecule has 2 aromatic rings. The lowest BCUT2D eigenvalue weighted by atomic mass is 10.2. The van der Waals surface area contributed by atoms with Gasteiger partial charge < -0.3 is 15.8 Å². The fourth-order valence-corrected chi connectivity index (χ4v) is 3.82. The third-order valence-electron chi connectivity index (χ3n) is 4.06. The SMILES string of the molecule is CC(C)Oc1ccc(NC(N)=NCc2ccc(S(=O)(=O)NC3CC3)cc2)cc1.I. The number of nitrogens with zero attached hydrogens (tertiary/aromatic N) is 1. The van der Waals surface area contributed by atoms with E-state index in [2.05, 4.69) is 15.0 Å². The summed E-state index contributed by atoms with van der Waals surface area (Å²) in [6.07, 6.45) is 1.94. The molecule has 0 amide bonds. The summed E-state index contributed by atoms with van der Waals surface area (Å²) in [6.45, 7) is 4.30. The number of guanidine groups is 1. The number of ether oxygens (including phenoxy) is 1. The van der Waals surface area contributed by atoms with E-state index >= 15 is 0 Å². The van der Waals surface area contributed by atoms with Gasteiger partial charge in [0.2, 0.25) is 10.0 Å². The second-order valence-corrected chi connectivity index (χ2v) is 8.77. The van der Waals surface area contributed by atoms with E-state index in [4.69, 9.17) is 10.5 Å². The van der Waals surface area contributed by atoms with Crippen LogP contribution < -0.4 is 20.5 Å². The number of nitrogens with one attached hydrogen (secondary N) is 2. The standard InChI is InChI=1S/C20H26N4O3S.HI/c1-14(2)27-18-9-7-16(8-10-18)23-20(21)22-13-15-3-11-19(12-4-15)28(25,26)24-17-5-6-17;/h3-4,7-12,14,17,24H,5-6,13H2,1-2H3,(H3,21,22,23);1H. The van der Waals surface area contributed by atoms with E-state index in [-0.39, 0.29) is 47.0 Å². The van der Waals surface area contributed by atoms with Crippen LogP contribution in [-0.2, 0) is 16.6 Å². The van der Waals surface area contributed by atoms with Crippen molar-refractivity contribution >= 4 is 45.6 Å². The Kier molecular flexibility index (Phi) is 8.29. The molecule has 0 unspecified atom stereocenters. The van der Waals surface area contributed by atoms with Crippen LogP contribution in [-0.4, -0.2) is 26.5 Å². The van der Waals surface area contributed by atoms with Gasteiger partial charge in [-0.3, -0.25) is 0 Å². The van der Waals surface area contributed by atoms with Crippen molar-refractivity contribution in [3.8, 4) is 5.75 Å². The summed E-state index contributed by atoms with van der Waals surface area (Å²) >= 11 is 0. The zero-order valence-corrected chi connectivity index (χ0v) is 19.6. The van der Waals surface area contributed by atoms with E-state index < -0.39 is 10.0 Å². The highest BCUT2D eigenvalue weighted by Gasteiger charge is 2.27. The van der Waals surface area contributed by atoms with Crippen molar-refractivity contribution in [1.82, 2.24) is 4.72 Å². The van der Waals surface area contributed by atoms with Crippen LogP contribution in [0, 0.1) is 0 Å². The summed E-state index contributed by atoms with van der Waals surface area (Å²) in [5.41, 5.74) is 7.62. The van der Waals surface area contributed by atoms with Crippen molar-refractivity contribution in [2.75, 3.05) is 5.32 Å². The molecule has 0 radical (unpaired) electrons. The summed E-state index contributed by atoms with van der Waals surface area (Å²) in [5, 5.41) is 3.02. The molecule has 0 aliphatic heterocycles. The first kappa shape index (κ1) is 23.4. The van der Waals surface area contributed by atoms with Crippen molar-refractivity contribution in [2.24, 2.45) is 10.7 Å². The monoisotopic (exact) mass is 530 g/mol. The molecular formula is C20H27IN4O3S. The quantitative estimate of drug-likeness (QED) is 0.276. The first-order chi connectivity index (χ1) is 13.3. The van der Waals surface area contributed by atoms with Crippen LogP contribution in [0.1, 0.15) is 32.3 Å². The minimum atomic E-state index is -3.43. The van der Waals surface area contributed by atoms with Gasteiger partial charge in [-0.05, 0) is 68.7 Å². The van der Waals surface area contributed by atoms with Crippen molar-refractivity contribution in [1.29, 1.82) is 0 Å². The molecule has 0 heterocycles. The maximum absolute atomic E-state index is 12.2. The highest BCUT2D eigenvalue weighted by Crippen LogP contribution is 2.22. The molecule has 1 aliphatic carbocycles. The van der Waals surface area contributed by atoms with Crippen molar-refractivity contribution < 1.29 is 13.2 Å². The Bertz CT molecular complexity index is 925. The summed E-state index contributed by atoms with van der Waals surface area (Å²) < 4.78 is 32.6. The molecule has 0 spiro atoms. The zero-order valence-electron chi connectivity index (χ0n) is 16.5. The smallest absolute Gasteiger partial charge is 0.240 e. The van der Waals surface area contributed by atoms with Gasteiger partial charge in [0, 0.05) is 11.7 Å². The van der Waals surface area contributed by atoms with Crippen LogP contribution in [0.15, 0.2) is 58.4 Å². The molecule has 0 atom stereocenters. The topological polar surface area (TPSA) is 106 Å². The average molecular weight is 530 g/mol. The molecule has 1 saturated carbocycles. The summed E-state index contributed by atoms with van der Waals surface area (Å²) in [5.74, 6) is 1.08. The van der Waals surface area contributed by atoms with Crippen LogP contribution >= 0.6 is 24.0 Å². The second-order valence-electron chi connectivity index (χ2n) is 7.06. The molecule has 29 heavy (non-hydrogen) atoms. The predicted octanol–water partition coefficient (Wildman–Crippen LogP) is 3.46. The lowest BCUT2D eigenvalue weighted by Crippen LogP contribution is -2.25. The van der Waals surface area contributed by atoms with Gasteiger partial charge >= 0.3 is 0 Å². The Morgan fingerprint density at radius 3 is 2.31 bits per heavy atom. The van der Waals surface area contributed by atoms with Gasteiger partial charge in [0.25, 0.3) is 0 Å². The molecule has 9 heteroatoms. The summed E-state index contributed by atoms with van der Waals surface area (Å²) in [7, 11) is -3.43. The molecule has 0 saturated heterocycles. The maximum Gasteiger partial charge on any atom is 0.240 e. The number of aliphatic imine (C=N–C) groups is 1. The first-order valence-electron chi connectivity index (χ1n) is 9.27. The molecule has 1 fully saturated rings. The van der Waals surface area contributed by atoms with Gasteiger partial charge in [0.05, 0.1) is 17.5 Å². The second kappa shape index (κ2) is 10.3. The van der Waals surface area contributed by atoms with Gasteiger partial charge in [-0.1, -0.05) is 12.1 Å². The number of anilines is 1. The minimum Gasteiger partial charge on any atom is -0.491 e. The maximum atomic E-state index is 12.2. The molecule has 3 rings (SSSR count). The summed E-state index contributed by atoms with van der Waals surface area (Å²) in [4.78, 5) is 4.56. The minimum absolute atomic E-state index is 0. The van der Waals surface area contributed by atoms with Crippen LogP contribution in [0.3, 0.4) is 0 Å². The molecular weight excluding hydrogens is 503 g/mol. The molecule has 0 bridgehead atoms. The molecule has 0 aromatic heterocycles. The fourth-order valence-electron chi connectivity index (χ4n) is 2.52. The Balaban J connectivity index is 0.00000300. The Morgan fingerprint density at radius 2 is 1.76 bits per heavy atom. The third-order valence-corrected chi connectivity index (χ3v) is 5.60. The largest absolute Gasteiger partial charge is 0.491 e. The van der Waals surface area contributed by atoms with Gasteiger partial charge in [0.1, 0.15) is 5.75 Å². The molecule has 1 aliphatic rings. The van der Waals surface area contributed by atoms with E-state index in [1.807, 2.05) is 38.1 Å². The van der Waals surface area contributed by atoms with Crippen LogP contribution in [0.5, 0.6) is 5.75 Å². The number of hydrogen-bond donors (Lipinski definition) is 3. The number of nitrogens with two attached hydrogens (primary N) is 1. The van der Waals surface area contributed by atoms with E-state index in [0.29, 0.717) is 6.54 Å². The number of hydrogen-bond acceptors (Lipinski definition) is 4. The Morgan fingerprint density at radius 1 is 1.14 bits per heavy atom. The lowest BCUT2D eigenvalue weighted by molar-refractivity contribution is 0.242. The van der Waals surface area contributed by atoms with Crippen molar-refractivity contribution in [3.05, 3.63) is 54.1 Å². The van der Waals surface area contributed by atoms with E-state index in [0.717, 1.165) is 29.8 Å². The third kappa shape index (κ3) is 7.48. The van der Waals surface area contributed by atoms with Crippen LogP contribution in [0.4, 0.5) is 5.69 Å². The summed E-state index contributed by atoms with van der Waals surface area (Å²) in [6, 6.07) is 14.2. The lowest BCUT2D eigenvalue weighted by Gasteiger charge is -2.11. The molecule has 4 N–H and O–H groups in total. The number of benzene rings is 2. The zero-order chi connectivity index (χ0) is 20.1. The van der Waals surface area contributed by atoms with E-state index in [1.165, 1.54) is 0 Å². The van der Waals surface area contributed by atoms with Gasteiger partial charge in [-0.25, -0.2) is 18.1 Å². The number of rotatable bonds is 8. The molecule has 2 aromatic carbocycles. The average Bonchev–Trinajstić information content (AvgIpc) is 3.45. The van der Waals surface area contributed by atoms with Gasteiger partial charge in [-0.15, -0.1) is 24.0 Å². The Labute approximate surface area is 189 Å². The predicted molar refractivity (Wildman–Crippen MR) is 126 cm³/mol. The Hall–Kier alpha value is -1.85. The van der Waals surface area contributed by atoms with Gasteiger partial charge in [-0.2, -0.15) is 0 Å². The van der Waals surface area contributed by atoms with E-state index in [9.17, 15) is 8.42 Å². The number of sulfonamides is 1. The van der Waals surface area contributed by atoms with Crippen LogP contribution in [0.25, 0.3) is 0 Å². The number of halogens is 1.